The second-order valence-electron chi connectivity index (χ2n) is 10.0. The quantitative estimate of drug-likeness (QED) is 0.126. The van der Waals surface area contributed by atoms with Crippen molar-refractivity contribution in [2.75, 3.05) is 11.5 Å². The summed E-state index contributed by atoms with van der Waals surface area (Å²) < 4.78 is 5.17. The van der Waals surface area contributed by atoms with Gasteiger partial charge in [-0.25, -0.2) is 9.69 Å². The number of rotatable bonds is 5. The number of nitrogens with zero attached hydrogens (tertiary/aromatic N) is 1. The van der Waals surface area contributed by atoms with Gasteiger partial charge in [-0.3, -0.25) is 14.4 Å². The summed E-state index contributed by atoms with van der Waals surface area (Å²) in [6.07, 6.45) is 0. The average molecular weight is 588 g/mol. The van der Waals surface area contributed by atoms with Gasteiger partial charge >= 0.3 is 5.97 Å². The fourth-order valence-electron chi connectivity index (χ4n) is 6.39. The molecule has 6 nitrogen and oxygen atoms in total. The molecule has 8 rings (SSSR count). The van der Waals surface area contributed by atoms with Crippen LogP contribution in [0, 0.1) is 11.8 Å². The summed E-state index contributed by atoms with van der Waals surface area (Å²) in [5.41, 5.74) is 3.38. The summed E-state index contributed by atoms with van der Waals surface area (Å²) in [7, 11) is 0. The van der Waals surface area contributed by atoms with Gasteiger partial charge < -0.3 is 4.74 Å². The molecule has 0 saturated carbocycles. The number of carbonyl (C=O) groups is 4. The van der Waals surface area contributed by atoms with Crippen LogP contribution < -0.4 is 4.90 Å². The number of ketones is 1. The summed E-state index contributed by atoms with van der Waals surface area (Å²) in [5, 5.41) is 1.77. The van der Waals surface area contributed by atoms with Crippen LogP contribution in [-0.2, 0) is 24.1 Å². The van der Waals surface area contributed by atoms with E-state index in [1.807, 2.05) is 48.5 Å². The number of ether oxygens (including phenoxy) is 1. The minimum absolute atomic E-state index is 0.182. The first kappa shape index (κ1) is 25.2. The van der Waals surface area contributed by atoms with E-state index in [0.717, 1.165) is 27.2 Å². The molecule has 0 radical (unpaired) electrons. The largest absolute Gasteiger partial charge is 0.454 e. The maximum Gasteiger partial charge on any atom is 0.338 e. The van der Waals surface area contributed by atoms with E-state index in [-0.39, 0.29) is 18.0 Å². The van der Waals surface area contributed by atoms with Crippen molar-refractivity contribution in [3.8, 4) is 0 Å². The molecule has 1 aliphatic heterocycles. The smallest absolute Gasteiger partial charge is 0.338 e. The first-order chi connectivity index (χ1) is 19.3. The highest BCUT2D eigenvalue weighted by Gasteiger charge is 2.73. The Kier molecular flexibility index (Phi) is 5.58. The zero-order valence-corrected chi connectivity index (χ0v) is 23.0. The molecule has 3 aliphatic carbocycles. The maximum atomic E-state index is 14.1. The molecule has 2 heterocycles. The molecule has 40 heavy (non-hydrogen) atoms. The van der Waals surface area contributed by atoms with Crippen LogP contribution in [0.15, 0.2) is 90.3 Å². The Labute approximate surface area is 243 Å². The predicted molar refractivity (Wildman–Crippen MR) is 151 cm³/mol. The molecule has 1 aromatic heterocycles. The van der Waals surface area contributed by atoms with E-state index in [2.05, 4.69) is 0 Å². The minimum atomic E-state index is -1.27. The lowest BCUT2D eigenvalue weighted by Crippen LogP contribution is -2.57. The number of imide groups is 1. The molecule has 3 aromatic carbocycles. The van der Waals surface area contributed by atoms with Gasteiger partial charge in [-0.05, 0) is 58.0 Å². The normalized spacial score (nSPS) is 25.8. The number of halogens is 2. The average Bonchev–Trinajstić information content (AvgIpc) is 3.61. The first-order valence-corrected chi connectivity index (χ1v) is 14.2. The Balaban J connectivity index is 1.22. The summed E-state index contributed by atoms with van der Waals surface area (Å²) in [4.78, 5) is 51.9. The number of hydrogen-bond acceptors (Lipinski definition) is 6. The molecule has 2 atom stereocenters. The summed E-state index contributed by atoms with van der Waals surface area (Å²) in [5.74, 6) is -3.72. The Morgan fingerprint density at radius 3 is 1.70 bits per heavy atom. The third-order valence-corrected chi connectivity index (χ3v) is 10.3. The molecule has 2 bridgehead atoms. The Bertz CT molecular complexity index is 1610. The van der Waals surface area contributed by atoms with Crippen LogP contribution in [0.5, 0.6) is 0 Å². The molecular formula is C31H19Cl2NO5S. The standard InChI is InChI=1S/C31H19Cl2NO5S/c32-30-19-6-1-2-7-20(19)31(33,22-9-4-3-8-21(22)30)26-25(30)27(36)34(28(26)37)18-13-11-17(12-14-18)29(38)39-16-23(35)24-10-5-15-40-24/h1-15,25-26H,16H2/t25-,26-,30?,31?/m0/s1. The van der Waals surface area contributed by atoms with Crippen LogP contribution in [0.25, 0.3) is 0 Å². The van der Waals surface area contributed by atoms with Crippen molar-refractivity contribution in [1.29, 1.82) is 0 Å². The monoisotopic (exact) mass is 587 g/mol. The summed E-state index contributed by atoms with van der Waals surface area (Å²) >= 11 is 16.2. The molecule has 0 N–H and O–H groups in total. The molecule has 9 heteroatoms. The van der Waals surface area contributed by atoms with Crippen LogP contribution in [0.4, 0.5) is 5.69 Å². The number of hydrogen-bond donors (Lipinski definition) is 0. The number of alkyl halides is 2. The van der Waals surface area contributed by atoms with Gasteiger partial charge in [0.25, 0.3) is 0 Å². The fraction of sp³-hybridized carbons (Fsp3) is 0.161. The van der Waals surface area contributed by atoms with E-state index in [0.29, 0.717) is 10.6 Å². The molecule has 4 aromatic rings. The number of esters is 1. The fourth-order valence-corrected chi connectivity index (χ4v) is 8.14. The molecule has 198 valence electrons. The third kappa shape index (κ3) is 3.22. The highest BCUT2D eigenvalue weighted by molar-refractivity contribution is 7.12. The van der Waals surface area contributed by atoms with E-state index in [1.165, 1.54) is 35.6 Å². The Hall–Kier alpha value is -3.78. The number of Topliss-reactive ketones (excluding diaryl/α,β-unsaturated/α-hetero) is 1. The summed E-state index contributed by atoms with van der Waals surface area (Å²) in [6, 6.07) is 24.2. The van der Waals surface area contributed by atoms with Gasteiger partial charge in [0.05, 0.1) is 28.0 Å². The molecule has 2 amide bonds. The predicted octanol–water partition coefficient (Wildman–Crippen LogP) is 5.89. The van der Waals surface area contributed by atoms with Crippen molar-refractivity contribution in [3.05, 3.63) is 123 Å². The van der Waals surface area contributed by atoms with E-state index in [4.69, 9.17) is 27.9 Å². The van der Waals surface area contributed by atoms with Crippen LogP contribution in [-0.4, -0.2) is 30.2 Å². The maximum absolute atomic E-state index is 14.1. The van der Waals surface area contributed by atoms with Crippen LogP contribution in [0.1, 0.15) is 42.3 Å². The van der Waals surface area contributed by atoms with Crippen LogP contribution >= 0.6 is 34.5 Å². The molecule has 1 fully saturated rings. The van der Waals surface area contributed by atoms with Crippen molar-refractivity contribution in [1.82, 2.24) is 0 Å². The summed E-state index contributed by atoms with van der Waals surface area (Å²) in [6.45, 7) is -0.385. The number of thiophene rings is 1. The minimum Gasteiger partial charge on any atom is -0.454 e. The zero-order valence-electron chi connectivity index (χ0n) is 20.7. The van der Waals surface area contributed by atoms with Crippen molar-refractivity contribution >= 4 is 63.8 Å². The number of benzene rings is 3. The third-order valence-electron chi connectivity index (χ3n) is 8.08. The lowest BCUT2D eigenvalue weighted by Gasteiger charge is -2.54. The van der Waals surface area contributed by atoms with E-state index in [9.17, 15) is 19.2 Å². The van der Waals surface area contributed by atoms with Crippen molar-refractivity contribution < 1.29 is 23.9 Å². The van der Waals surface area contributed by atoms with E-state index >= 15 is 0 Å². The molecule has 4 aliphatic rings. The topological polar surface area (TPSA) is 80.8 Å². The van der Waals surface area contributed by atoms with Gasteiger partial charge in [-0.2, -0.15) is 0 Å². The highest BCUT2D eigenvalue weighted by atomic mass is 35.5. The van der Waals surface area contributed by atoms with Gasteiger partial charge in [0.1, 0.15) is 9.75 Å². The van der Waals surface area contributed by atoms with E-state index < -0.39 is 39.4 Å². The van der Waals surface area contributed by atoms with E-state index in [1.54, 1.807) is 17.5 Å². The number of amides is 2. The van der Waals surface area contributed by atoms with Gasteiger partial charge in [0.15, 0.2) is 6.61 Å². The van der Waals surface area contributed by atoms with Gasteiger partial charge in [0.2, 0.25) is 17.6 Å². The van der Waals surface area contributed by atoms with Gasteiger partial charge in [-0.15, -0.1) is 34.5 Å². The molecule has 1 saturated heterocycles. The lowest BCUT2D eigenvalue weighted by molar-refractivity contribution is -0.122. The van der Waals surface area contributed by atoms with Gasteiger partial charge in [0, 0.05) is 0 Å². The number of carbonyl (C=O) groups excluding carboxylic acids is 4. The SMILES string of the molecule is O=C(OCC(=O)c1cccs1)c1ccc(N2C(=O)[C@@H]3[C@@H](C2=O)C2(Cl)c4ccccc4C3(Cl)c3ccccc32)cc1. The highest BCUT2D eigenvalue weighted by Crippen LogP contribution is 2.69. The second kappa shape index (κ2) is 8.86. The zero-order chi connectivity index (χ0) is 27.8. The van der Waals surface area contributed by atoms with Crippen molar-refractivity contribution in [2.45, 2.75) is 9.75 Å². The van der Waals surface area contributed by atoms with Crippen LogP contribution in [0.2, 0.25) is 0 Å². The second-order valence-corrected chi connectivity index (χ2v) is 12.1. The van der Waals surface area contributed by atoms with Crippen molar-refractivity contribution in [2.24, 2.45) is 11.8 Å². The molecule has 0 spiro atoms. The van der Waals surface area contributed by atoms with Gasteiger partial charge in [-0.1, -0.05) is 54.6 Å². The first-order valence-electron chi connectivity index (χ1n) is 12.6. The van der Waals surface area contributed by atoms with Crippen LogP contribution in [0.3, 0.4) is 0 Å². The molecular weight excluding hydrogens is 569 g/mol. The number of anilines is 1. The molecule has 0 unspecified atom stereocenters. The van der Waals surface area contributed by atoms with Crippen molar-refractivity contribution in [3.63, 3.8) is 0 Å². The Morgan fingerprint density at radius 2 is 1.25 bits per heavy atom. The lowest BCUT2D eigenvalue weighted by atomic mass is 9.54. The Morgan fingerprint density at radius 1 is 0.750 bits per heavy atom.